The first kappa shape index (κ1) is 30.9. The summed E-state index contributed by atoms with van der Waals surface area (Å²) >= 11 is 1.44. The van der Waals surface area contributed by atoms with Crippen LogP contribution in [0.15, 0.2) is 47.9 Å². The van der Waals surface area contributed by atoms with Crippen molar-refractivity contribution < 1.29 is 27.8 Å². The Labute approximate surface area is 262 Å². The third kappa shape index (κ3) is 6.79. The van der Waals surface area contributed by atoms with Gasteiger partial charge in [-0.2, -0.15) is 19.0 Å². The number of anilines is 1. The number of aromatic nitrogens is 5. The topological polar surface area (TPSA) is 119 Å². The number of amides is 2. The number of fused-ring (bicyclic) bond motifs is 1. The first-order chi connectivity index (χ1) is 21.8. The van der Waals surface area contributed by atoms with E-state index in [9.17, 15) is 18.4 Å². The molecule has 0 spiro atoms. The summed E-state index contributed by atoms with van der Waals surface area (Å²) < 4.78 is 40.3. The molecule has 4 aromatic rings. The second kappa shape index (κ2) is 13.5. The van der Waals surface area contributed by atoms with Crippen LogP contribution in [0.1, 0.15) is 28.8 Å². The summed E-state index contributed by atoms with van der Waals surface area (Å²) in [6.07, 6.45) is 9.78. The molecule has 0 saturated carbocycles. The Bertz CT molecular complexity index is 1680. The first-order valence-corrected chi connectivity index (χ1v) is 15.9. The van der Waals surface area contributed by atoms with Crippen molar-refractivity contribution in [2.75, 3.05) is 51.0 Å². The van der Waals surface area contributed by atoms with Crippen LogP contribution in [-0.2, 0) is 16.1 Å². The summed E-state index contributed by atoms with van der Waals surface area (Å²) in [5.74, 6) is -0.725. The number of aryl methyl sites for hydroxylation is 1. The van der Waals surface area contributed by atoms with Crippen molar-refractivity contribution in [3.8, 4) is 17.0 Å². The van der Waals surface area contributed by atoms with Gasteiger partial charge in [-0.15, -0.1) is 11.8 Å². The zero-order chi connectivity index (χ0) is 31.5. The molecule has 2 saturated heterocycles. The van der Waals surface area contributed by atoms with E-state index < -0.39 is 12.5 Å². The lowest BCUT2D eigenvalue weighted by molar-refractivity contribution is -0.133. The van der Waals surface area contributed by atoms with Gasteiger partial charge in [-0.05, 0) is 49.8 Å². The number of carbonyl (C=O) groups is 2. The fourth-order valence-electron chi connectivity index (χ4n) is 5.89. The molecule has 12 nitrogen and oxygen atoms in total. The van der Waals surface area contributed by atoms with E-state index in [2.05, 4.69) is 25.4 Å². The van der Waals surface area contributed by atoms with Crippen LogP contribution in [0.5, 0.6) is 5.75 Å². The minimum atomic E-state index is -3.07. The summed E-state index contributed by atoms with van der Waals surface area (Å²) in [5.41, 5.74) is 1.99. The average molecular weight is 641 g/mol. The van der Waals surface area contributed by atoms with Gasteiger partial charge in [0.25, 0.3) is 5.91 Å². The maximum atomic E-state index is 13.5. The number of carbonyl (C=O) groups excluding carboxylic acids is 2. The van der Waals surface area contributed by atoms with Crippen molar-refractivity contribution in [2.24, 2.45) is 0 Å². The van der Waals surface area contributed by atoms with Crippen LogP contribution in [0.25, 0.3) is 16.9 Å². The van der Waals surface area contributed by atoms with Crippen molar-refractivity contribution in [3.63, 3.8) is 0 Å². The van der Waals surface area contributed by atoms with Crippen molar-refractivity contribution in [2.45, 2.75) is 43.9 Å². The molecular weight excluding hydrogens is 606 g/mol. The number of halogens is 2. The number of morpholine rings is 1. The van der Waals surface area contributed by atoms with Crippen molar-refractivity contribution in [3.05, 3.63) is 54.1 Å². The molecule has 15 heteroatoms. The molecule has 6 rings (SSSR count). The Morgan fingerprint density at radius 1 is 1.18 bits per heavy atom. The molecule has 5 heterocycles. The molecule has 1 aromatic carbocycles. The number of hydrogen-bond donors (Lipinski definition) is 1. The van der Waals surface area contributed by atoms with Gasteiger partial charge < -0.3 is 19.7 Å². The molecule has 0 bridgehead atoms. The summed E-state index contributed by atoms with van der Waals surface area (Å²) in [7, 11) is 0. The smallest absolute Gasteiger partial charge is 0.387 e. The predicted octanol–water partition coefficient (Wildman–Crippen LogP) is 3.80. The average Bonchev–Trinajstić information content (AvgIpc) is 3.65. The highest BCUT2D eigenvalue weighted by molar-refractivity contribution is 7.98. The molecule has 2 fully saturated rings. The molecule has 1 N–H and O–H groups in total. The highest BCUT2D eigenvalue weighted by Gasteiger charge is 2.29. The van der Waals surface area contributed by atoms with Crippen LogP contribution in [0.4, 0.5) is 14.5 Å². The Kier molecular flexibility index (Phi) is 9.28. The van der Waals surface area contributed by atoms with Gasteiger partial charge in [0.15, 0.2) is 5.65 Å². The van der Waals surface area contributed by atoms with E-state index in [-0.39, 0.29) is 40.7 Å². The number of rotatable bonds is 9. The van der Waals surface area contributed by atoms with Gasteiger partial charge in [-0.25, -0.2) is 9.50 Å². The predicted molar refractivity (Wildman–Crippen MR) is 164 cm³/mol. The van der Waals surface area contributed by atoms with Crippen molar-refractivity contribution >= 4 is 34.9 Å². The summed E-state index contributed by atoms with van der Waals surface area (Å²) in [6, 6.07) is 5.34. The van der Waals surface area contributed by atoms with Crippen molar-refractivity contribution in [1.29, 1.82) is 0 Å². The fraction of sp³-hybridized carbons (Fsp3) is 0.433. The molecule has 238 valence electrons. The Hall–Kier alpha value is -4.08. The van der Waals surface area contributed by atoms with Crippen LogP contribution in [0.3, 0.4) is 0 Å². The van der Waals surface area contributed by atoms with Gasteiger partial charge in [-0.3, -0.25) is 19.2 Å². The van der Waals surface area contributed by atoms with Gasteiger partial charge in [0, 0.05) is 61.3 Å². The molecule has 0 radical (unpaired) electrons. The monoisotopic (exact) mass is 640 g/mol. The number of piperidine rings is 1. The zero-order valence-electron chi connectivity index (χ0n) is 25.0. The lowest BCUT2D eigenvalue weighted by Crippen LogP contribution is -2.50. The number of ether oxygens (including phenoxy) is 2. The number of hydrogen-bond acceptors (Lipinski definition) is 9. The number of likely N-dealkylation sites (tertiary alicyclic amines) is 1. The first-order valence-electron chi connectivity index (χ1n) is 14.7. The van der Waals surface area contributed by atoms with Crippen molar-refractivity contribution in [1.82, 2.24) is 34.2 Å². The number of thioether (sulfide) groups is 1. The lowest BCUT2D eigenvalue weighted by Gasteiger charge is -2.40. The molecule has 0 atom stereocenters. The Morgan fingerprint density at radius 3 is 2.69 bits per heavy atom. The van der Waals surface area contributed by atoms with Crippen LogP contribution in [0.2, 0.25) is 0 Å². The Balaban J connectivity index is 1.28. The van der Waals surface area contributed by atoms with Gasteiger partial charge in [0.2, 0.25) is 5.91 Å². The zero-order valence-corrected chi connectivity index (χ0v) is 25.8. The minimum absolute atomic E-state index is 0.0877. The van der Waals surface area contributed by atoms with Gasteiger partial charge in [0.1, 0.15) is 23.6 Å². The van der Waals surface area contributed by atoms with Crippen LogP contribution >= 0.6 is 11.8 Å². The molecule has 0 aliphatic carbocycles. The SMILES string of the molecule is CSc1cc(-c2nn(CC(=O)N3CCC(N4CCOCC4)CC3)cc2NC(=O)c2cnn3cccnc23)c(OC(F)F)cc1C. The third-order valence-corrected chi connectivity index (χ3v) is 9.06. The van der Waals surface area contributed by atoms with E-state index in [0.717, 1.165) is 49.6 Å². The maximum absolute atomic E-state index is 13.5. The summed E-state index contributed by atoms with van der Waals surface area (Å²) in [6.45, 7) is 3.17. The molecule has 45 heavy (non-hydrogen) atoms. The highest BCUT2D eigenvalue weighted by atomic mass is 32.2. The second-order valence-electron chi connectivity index (χ2n) is 10.9. The largest absolute Gasteiger partial charge is 0.434 e. The van der Waals surface area contributed by atoms with Gasteiger partial charge in [-0.1, -0.05) is 0 Å². The van der Waals surface area contributed by atoms with Gasteiger partial charge >= 0.3 is 6.61 Å². The quantitative estimate of drug-likeness (QED) is 0.273. The summed E-state index contributed by atoms with van der Waals surface area (Å²) in [5, 5.41) is 11.7. The third-order valence-electron chi connectivity index (χ3n) is 8.18. The number of alkyl halides is 2. The van der Waals surface area contributed by atoms with Crippen LogP contribution < -0.4 is 10.1 Å². The van der Waals surface area contributed by atoms with E-state index in [1.807, 2.05) is 11.2 Å². The highest BCUT2D eigenvalue weighted by Crippen LogP contribution is 2.39. The molecule has 2 amide bonds. The lowest BCUT2D eigenvalue weighted by atomic mass is 10.0. The molecule has 3 aromatic heterocycles. The summed E-state index contributed by atoms with van der Waals surface area (Å²) in [4.78, 5) is 36.2. The Morgan fingerprint density at radius 2 is 1.96 bits per heavy atom. The van der Waals surface area contributed by atoms with E-state index in [1.54, 1.807) is 31.5 Å². The standard InChI is InChI=1S/C30H34F2N8O4S/c1-19-14-24(44-30(31)32)21(15-25(19)45-2)27-23(35-29(42)22-16-34-40-7-3-6-33-28(22)40)17-39(36-27)18-26(41)38-8-4-20(5-9-38)37-10-12-43-13-11-37/h3,6-7,14-17,20,30H,4-5,8-13,18H2,1-2H3,(H,35,42). The molecule has 2 aliphatic rings. The fourth-order valence-corrected chi connectivity index (χ4v) is 6.51. The number of nitrogens with zero attached hydrogens (tertiary/aromatic N) is 7. The van der Waals surface area contributed by atoms with E-state index in [0.29, 0.717) is 24.8 Å². The molecule has 2 aliphatic heterocycles. The van der Waals surface area contributed by atoms with E-state index in [1.165, 1.54) is 39.4 Å². The minimum Gasteiger partial charge on any atom is -0.434 e. The number of nitrogens with one attached hydrogen (secondary N) is 1. The van der Waals surface area contributed by atoms with Crippen LogP contribution in [0, 0.1) is 6.92 Å². The maximum Gasteiger partial charge on any atom is 0.387 e. The second-order valence-corrected chi connectivity index (χ2v) is 11.8. The van der Waals surface area contributed by atoms with E-state index >= 15 is 0 Å². The normalized spacial score (nSPS) is 16.4. The number of benzene rings is 1. The van der Waals surface area contributed by atoms with Gasteiger partial charge in [0.05, 0.1) is 25.1 Å². The molecule has 0 unspecified atom stereocenters. The van der Waals surface area contributed by atoms with E-state index in [4.69, 9.17) is 9.47 Å². The van der Waals surface area contributed by atoms with Crippen LogP contribution in [-0.4, -0.2) is 104 Å². The molecular formula is C30H34F2N8O4S.